The lowest BCUT2D eigenvalue weighted by molar-refractivity contribution is 0.128. The molecule has 0 amide bonds. The molecule has 2 fully saturated rings. The third-order valence-electron chi connectivity index (χ3n) is 5.69. The molecule has 0 spiro atoms. The van der Waals surface area contributed by atoms with Gasteiger partial charge in [0.25, 0.3) is 5.56 Å². The zero-order valence-electron chi connectivity index (χ0n) is 14.7. The number of nitrogens with zero attached hydrogens (tertiary/aromatic N) is 4. The molecule has 0 aromatic carbocycles. The lowest BCUT2D eigenvalue weighted by Gasteiger charge is -2.35. The van der Waals surface area contributed by atoms with Gasteiger partial charge in [-0.15, -0.1) is 0 Å². The van der Waals surface area contributed by atoms with E-state index in [9.17, 15) is 4.79 Å². The van der Waals surface area contributed by atoms with E-state index in [4.69, 9.17) is 0 Å². The summed E-state index contributed by atoms with van der Waals surface area (Å²) in [6.45, 7) is 1.88. The monoisotopic (exact) mass is 338 g/mol. The molecular weight excluding hydrogens is 312 g/mol. The van der Waals surface area contributed by atoms with Gasteiger partial charge in [-0.3, -0.25) is 14.7 Å². The zero-order chi connectivity index (χ0) is 17.1. The van der Waals surface area contributed by atoms with Crippen LogP contribution in [0.2, 0.25) is 0 Å². The van der Waals surface area contributed by atoms with Crippen LogP contribution in [0.5, 0.6) is 0 Å². The zero-order valence-corrected chi connectivity index (χ0v) is 14.7. The summed E-state index contributed by atoms with van der Waals surface area (Å²) in [6.07, 6.45) is 12.6. The molecule has 0 radical (unpaired) electrons. The van der Waals surface area contributed by atoms with E-state index in [2.05, 4.69) is 15.0 Å². The van der Waals surface area contributed by atoms with E-state index in [1.807, 2.05) is 18.2 Å². The predicted molar refractivity (Wildman–Crippen MR) is 98.3 cm³/mol. The first-order valence-corrected chi connectivity index (χ1v) is 9.55. The van der Waals surface area contributed by atoms with E-state index >= 15 is 0 Å². The van der Waals surface area contributed by atoms with Gasteiger partial charge in [0.2, 0.25) is 0 Å². The van der Waals surface area contributed by atoms with Crippen molar-refractivity contribution in [1.82, 2.24) is 19.7 Å². The maximum Gasteiger partial charge on any atom is 0.266 e. The molecule has 25 heavy (non-hydrogen) atoms. The summed E-state index contributed by atoms with van der Waals surface area (Å²) in [5.41, 5.74) is 1.83. The van der Waals surface area contributed by atoms with E-state index in [-0.39, 0.29) is 5.56 Å². The minimum atomic E-state index is -0.00620. The van der Waals surface area contributed by atoms with Crippen LogP contribution in [0.4, 0.5) is 0 Å². The summed E-state index contributed by atoms with van der Waals surface area (Å²) in [5, 5.41) is 4.64. The molecule has 5 heteroatoms. The number of rotatable bonds is 4. The van der Waals surface area contributed by atoms with Gasteiger partial charge in [0, 0.05) is 36.1 Å². The molecule has 0 bridgehead atoms. The summed E-state index contributed by atoms with van der Waals surface area (Å²) in [5.74, 6) is 0. The summed E-state index contributed by atoms with van der Waals surface area (Å²) in [6, 6.07) is 8.47. The van der Waals surface area contributed by atoms with Gasteiger partial charge in [-0.25, -0.2) is 4.68 Å². The lowest BCUT2D eigenvalue weighted by Crippen LogP contribution is -2.43. The molecule has 1 aliphatic carbocycles. The molecule has 2 aromatic heterocycles. The van der Waals surface area contributed by atoms with Crippen molar-refractivity contribution < 1.29 is 0 Å². The Morgan fingerprint density at radius 3 is 2.56 bits per heavy atom. The highest BCUT2D eigenvalue weighted by atomic mass is 16.1. The molecular formula is C20H26N4O. The van der Waals surface area contributed by atoms with Crippen molar-refractivity contribution in [3.05, 3.63) is 47.0 Å². The first kappa shape index (κ1) is 16.5. The highest BCUT2D eigenvalue weighted by Gasteiger charge is 2.31. The van der Waals surface area contributed by atoms with E-state index < -0.39 is 0 Å². The minimum Gasteiger partial charge on any atom is -0.296 e. The number of likely N-dealkylation sites (tertiary alicyclic amines) is 1. The second-order valence-electron chi connectivity index (χ2n) is 7.30. The van der Waals surface area contributed by atoms with Gasteiger partial charge in [-0.1, -0.05) is 19.3 Å². The van der Waals surface area contributed by atoms with Crippen LogP contribution in [0.25, 0.3) is 11.3 Å². The average Bonchev–Trinajstić information content (AvgIpc) is 3.13. The topological polar surface area (TPSA) is 51.0 Å². The molecule has 2 aromatic rings. The Morgan fingerprint density at radius 1 is 0.960 bits per heavy atom. The largest absolute Gasteiger partial charge is 0.296 e. The summed E-state index contributed by atoms with van der Waals surface area (Å²) in [4.78, 5) is 19.1. The van der Waals surface area contributed by atoms with Crippen LogP contribution in [0.1, 0.15) is 44.9 Å². The van der Waals surface area contributed by atoms with Crippen LogP contribution in [-0.4, -0.2) is 38.3 Å². The predicted octanol–water partition coefficient (Wildman–Crippen LogP) is 3.10. The van der Waals surface area contributed by atoms with Crippen molar-refractivity contribution in [3.8, 4) is 11.3 Å². The Balaban J connectivity index is 1.54. The first-order valence-electron chi connectivity index (χ1n) is 9.55. The minimum absolute atomic E-state index is 0.00620. The van der Waals surface area contributed by atoms with E-state index in [1.165, 1.54) is 51.5 Å². The van der Waals surface area contributed by atoms with Crippen LogP contribution in [0, 0.1) is 0 Å². The molecule has 5 nitrogen and oxygen atoms in total. The van der Waals surface area contributed by atoms with Crippen LogP contribution in [-0.2, 0) is 6.54 Å². The lowest BCUT2D eigenvalue weighted by atomic mass is 9.94. The van der Waals surface area contributed by atoms with Crippen molar-refractivity contribution in [3.63, 3.8) is 0 Å². The summed E-state index contributed by atoms with van der Waals surface area (Å²) >= 11 is 0. The third-order valence-corrected chi connectivity index (χ3v) is 5.69. The fourth-order valence-electron chi connectivity index (χ4n) is 4.40. The van der Waals surface area contributed by atoms with Crippen molar-refractivity contribution >= 4 is 0 Å². The molecule has 0 N–H and O–H groups in total. The molecule has 1 aliphatic heterocycles. The molecule has 132 valence electrons. The van der Waals surface area contributed by atoms with Crippen LogP contribution in [0.3, 0.4) is 0 Å². The van der Waals surface area contributed by atoms with Crippen LogP contribution < -0.4 is 5.56 Å². The Labute approximate surface area is 148 Å². The summed E-state index contributed by atoms with van der Waals surface area (Å²) < 4.78 is 1.67. The summed E-state index contributed by atoms with van der Waals surface area (Å²) in [7, 11) is 0. The van der Waals surface area contributed by atoms with Gasteiger partial charge >= 0.3 is 0 Å². The molecule has 3 heterocycles. The Morgan fingerprint density at radius 2 is 1.76 bits per heavy atom. The van der Waals surface area contributed by atoms with Gasteiger partial charge in [0.15, 0.2) is 0 Å². The van der Waals surface area contributed by atoms with Crippen molar-refractivity contribution in [1.29, 1.82) is 0 Å². The van der Waals surface area contributed by atoms with Crippen LogP contribution in [0.15, 0.2) is 41.5 Å². The van der Waals surface area contributed by atoms with Crippen molar-refractivity contribution in [2.24, 2.45) is 0 Å². The molecule has 1 saturated carbocycles. The second kappa shape index (κ2) is 7.48. The number of hydrogen-bond acceptors (Lipinski definition) is 4. The maximum atomic E-state index is 12.3. The fourth-order valence-corrected chi connectivity index (χ4v) is 4.40. The van der Waals surface area contributed by atoms with E-state index in [1.54, 1.807) is 23.1 Å². The second-order valence-corrected chi connectivity index (χ2v) is 7.30. The molecule has 1 atom stereocenters. The standard InChI is InChI=1S/C20H26N4O/c25-20-9-8-19(16-10-12-21-13-11-16)22-24(20)15-18-7-4-14-23(18)17-5-2-1-3-6-17/h8-13,17-18H,1-7,14-15H2. The van der Waals surface area contributed by atoms with Gasteiger partial charge in [0.1, 0.15) is 0 Å². The quantitative estimate of drug-likeness (QED) is 0.859. The van der Waals surface area contributed by atoms with Crippen molar-refractivity contribution in [2.75, 3.05) is 6.54 Å². The maximum absolute atomic E-state index is 12.3. The first-order chi connectivity index (χ1) is 12.3. The number of aromatic nitrogens is 3. The molecule has 1 saturated heterocycles. The van der Waals surface area contributed by atoms with Crippen molar-refractivity contribution in [2.45, 2.75) is 63.6 Å². The Bertz CT molecular complexity index is 752. The number of hydrogen-bond donors (Lipinski definition) is 0. The molecule has 2 aliphatic rings. The highest BCUT2D eigenvalue weighted by Crippen LogP contribution is 2.29. The van der Waals surface area contributed by atoms with Gasteiger partial charge in [-0.05, 0) is 50.4 Å². The fraction of sp³-hybridized carbons (Fsp3) is 0.550. The highest BCUT2D eigenvalue weighted by molar-refractivity contribution is 5.56. The average molecular weight is 338 g/mol. The SMILES string of the molecule is O=c1ccc(-c2ccncc2)nn1CC1CCCN1C1CCCCC1. The molecule has 1 unspecified atom stereocenters. The van der Waals surface area contributed by atoms with Gasteiger partial charge < -0.3 is 0 Å². The van der Waals surface area contributed by atoms with Gasteiger partial charge in [0.05, 0.1) is 12.2 Å². The smallest absolute Gasteiger partial charge is 0.266 e. The van der Waals surface area contributed by atoms with E-state index in [0.717, 1.165) is 11.3 Å². The number of pyridine rings is 1. The van der Waals surface area contributed by atoms with E-state index in [0.29, 0.717) is 18.6 Å². The Hall–Kier alpha value is -2.01. The third kappa shape index (κ3) is 3.66. The Kier molecular flexibility index (Phi) is 4.92. The van der Waals surface area contributed by atoms with Gasteiger partial charge in [-0.2, -0.15) is 5.10 Å². The molecule has 4 rings (SSSR count). The van der Waals surface area contributed by atoms with Crippen LogP contribution >= 0.6 is 0 Å². The normalized spacial score (nSPS) is 22.3.